The Morgan fingerprint density at radius 3 is 2.42 bits per heavy atom. The Labute approximate surface area is 223 Å². The van der Waals surface area contributed by atoms with Crippen LogP contribution in [0.4, 0.5) is 18.9 Å². The molecule has 2 aromatic rings. The van der Waals surface area contributed by atoms with Gasteiger partial charge in [0, 0.05) is 47.8 Å². The summed E-state index contributed by atoms with van der Waals surface area (Å²) in [5.74, 6) is -3.50. The van der Waals surface area contributed by atoms with Crippen molar-refractivity contribution in [3.05, 3.63) is 53.3 Å². The van der Waals surface area contributed by atoms with Gasteiger partial charge in [0.2, 0.25) is 0 Å². The Morgan fingerprint density at radius 1 is 1.05 bits per heavy atom. The SMILES string of the molecule is CC(C)N(CCCCCC(=O)OOC(=O)C(F)(F)F)C(=O)c1cc(Cl)cc(OCCNc2ccncc2)c1. The van der Waals surface area contributed by atoms with Gasteiger partial charge in [0.1, 0.15) is 12.4 Å². The van der Waals surface area contributed by atoms with Gasteiger partial charge in [-0.2, -0.15) is 13.2 Å². The van der Waals surface area contributed by atoms with Crippen molar-refractivity contribution in [1.29, 1.82) is 0 Å². The summed E-state index contributed by atoms with van der Waals surface area (Å²) < 4.78 is 41.9. The molecule has 0 fully saturated rings. The molecule has 0 bridgehead atoms. The number of carbonyl (C=O) groups is 3. The summed E-state index contributed by atoms with van der Waals surface area (Å²) >= 11 is 6.22. The molecule has 13 heteroatoms. The number of carbonyl (C=O) groups excluding carboxylic acids is 3. The number of halogens is 4. The van der Waals surface area contributed by atoms with Gasteiger partial charge in [-0.15, -0.1) is 0 Å². The molecule has 1 amide bonds. The second-order valence-electron chi connectivity index (χ2n) is 8.41. The predicted octanol–water partition coefficient (Wildman–Crippen LogP) is 5.20. The third-order valence-electron chi connectivity index (χ3n) is 5.10. The van der Waals surface area contributed by atoms with E-state index in [4.69, 9.17) is 16.3 Å². The molecular weight excluding hydrogens is 531 g/mol. The minimum Gasteiger partial charge on any atom is -0.492 e. The number of ether oxygens (including phenoxy) is 1. The van der Waals surface area contributed by atoms with Gasteiger partial charge in [-0.3, -0.25) is 9.78 Å². The van der Waals surface area contributed by atoms with E-state index in [1.807, 2.05) is 26.0 Å². The number of hydrogen-bond donors (Lipinski definition) is 1. The minimum atomic E-state index is -5.25. The molecule has 38 heavy (non-hydrogen) atoms. The lowest BCUT2D eigenvalue weighted by molar-refractivity contribution is -0.285. The van der Waals surface area contributed by atoms with E-state index in [0.717, 1.165) is 5.69 Å². The molecule has 0 saturated carbocycles. The molecule has 0 spiro atoms. The molecule has 0 aliphatic heterocycles. The normalized spacial score (nSPS) is 11.1. The van der Waals surface area contributed by atoms with Gasteiger partial charge in [-0.25, -0.2) is 19.4 Å². The van der Waals surface area contributed by atoms with Crippen molar-refractivity contribution in [3.63, 3.8) is 0 Å². The van der Waals surface area contributed by atoms with Crippen molar-refractivity contribution in [3.8, 4) is 5.75 Å². The van der Waals surface area contributed by atoms with Crippen LogP contribution in [0.1, 0.15) is 49.9 Å². The largest absolute Gasteiger partial charge is 0.495 e. The Kier molecular flexibility index (Phi) is 12.1. The summed E-state index contributed by atoms with van der Waals surface area (Å²) in [5.41, 5.74) is 1.26. The number of pyridine rings is 1. The standard InChI is InChI=1S/C25H29ClF3N3O6/c1-17(2)32(12-5-3-4-6-22(33)37-38-24(35)25(27,28)29)23(34)18-14-19(26)16-21(15-18)36-13-11-31-20-7-9-30-10-8-20/h7-10,14-17H,3-6,11-13H2,1-2H3,(H,30,31). The third kappa shape index (κ3) is 10.8. The molecule has 0 saturated heterocycles. The van der Waals surface area contributed by atoms with Gasteiger partial charge in [0.25, 0.3) is 5.91 Å². The number of anilines is 1. The van der Waals surface area contributed by atoms with Crippen LogP contribution in [0.25, 0.3) is 0 Å². The van der Waals surface area contributed by atoms with E-state index in [2.05, 4.69) is 20.1 Å². The first-order valence-corrected chi connectivity index (χ1v) is 12.2. The molecule has 1 aromatic carbocycles. The highest BCUT2D eigenvalue weighted by Crippen LogP contribution is 2.23. The molecular formula is C25H29ClF3N3O6. The topological polar surface area (TPSA) is 107 Å². The highest BCUT2D eigenvalue weighted by molar-refractivity contribution is 6.31. The number of rotatable bonds is 13. The second kappa shape index (κ2) is 15.0. The van der Waals surface area contributed by atoms with E-state index in [1.54, 1.807) is 35.5 Å². The number of aromatic nitrogens is 1. The summed E-state index contributed by atoms with van der Waals surface area (Å²) in [7, 11) is 0. The van der Waals surface area contributed by atoms with Crippen LogP contribution in [0, 0.1) is 0 Å². The van der Waals surface area contributed by atoms with Crippen LogP contribution >= 0.6 is 11.6 Å². The van der Waals surface area contributed by atoms with Crippen LogP contribution in [0.15, 0.2) is 42.7 Å². The number of alkyl halides is 3. The van der Waals surface area contributed by atoms with Crippen molar-refractivity contribution >= 4 is 35.1 Å². The van der Waals surface area contributed by atoms with E-state index < -0.39 is 18.1 Å². The average Bonchev–Trinajstić information content (AvgIpc) is 2.86. The van der Waals surface area contributed by atoms with Crippen LogP contribution in [0.2, 0.25) is 5.02 Å². The zero-order chi connectivity index (χ0) is 28.1. The predicted molar refractivity (Wildman–Crippen MR) is 133 cm³/mol. The van der Waals surface area contributed by atoms with Crippen LogP contribution in [-0.2, 0) is 19.4 Å². The lowest BCUT2D eigenvalue weighted by atomic mass is 10.1. The van der Waals surface area contributed by atoms with E-state index >= 15 is 0 Å². The maximum atomic E-state index is 13.2. The van der Waals surface area contributed by atoms with Crippen molar-refractivity contribution < 1.29 is 42.1 Å². The first-order valence-electron chi connectivity index (χ1n) is 11.8. The highest BCUT2D eigenvalue weighted by Gasteiger charge is 2.43. The Bertz CT molecular complexity index is 1070. The fourth-order valence-electron chi connectivity index (χ4n) is 3.27. The quantitative estimate of drug-likeness (QED) is 0.203. The van der Waals surface area contributed by atoms with Gasteiger partial charge in [-0.05, 0) is 57.0 Å². The van der Waals surface area contributed by atoms with E-state index in [-0.39, 0.29) is 24.8 Å². The molecule has 0 aliphatic rings. The molecule has 1 N–H and O–H groups in total. The minimum absolute atomic E-state index is 0.137. The zero-order valence-corrected chi connectivity index (χ0v) is 21.7. The number of nitrogens with one attached hydrogen (secondary N) is 1. The summed E-state index contributed by atoms with van der Waals surface area (Å²) in [4.78, 5) is 48.1. The first kappa shape index (κ1) is 30.7. The number of benzene rings is 1. The summed E-state index contributed by atoms with van der Waals surface area (Å²) in [6, 6.07) is 8.32. The van der Waals surface area contributed by atoms with E-state index in [9.17, 15) is 27.6 Å². The fraction of sp³-hybridized carbons (Fsp3) is 0.440. The van der Waals surface area contributed by atoms with E-state index in [1.165, 1.54) is 0 Å². The molecule has 2 rings (SSSR count). The van der Waals surface area contributed by atoms with Crippen molar-refractivity contribution in [2.45, 2.75) is 51.7 Å². The molecule has 0 unspecified atom stereocenters. The van der Waals surface area contributed by atoms with Gasteiger partial charge in [0.05, 0.1) is 6.42 Å². The number of hydrogen-bond acceptors (Lipinski definition) is 8. The van der Waals surface area contributed by atoms with E-state index in [0.29, 0.717) is 48.9 Å². The number of amides is 1. The molecule has 0 atom stereocenters. The number of nitrogens with zero attached hydrogens (tertiary/aromatic N) is 2. The van der Waals surface area contributed by atoms with Gasteiger partial charge < -0.3 is 15.0 Å². The van der Waals surface area contributed by atoms with Crippen LogP contribution < -0.4 is 10.1 Å². The van der Waals surface area contributed by atoms with Crippen LogP contribution in [-0.4, -0.2) is 59.6 Å². The summed E-state index contributed by atoms with van der Waals surface area (Å²) in [6.07, 6.45) is -0.879. The molecule has 1 heterocycles. The zero-order valence-electron chi connectivity index (χ0n) is 20.9. The fourth-order valence-corrected chi connectivity index (χ4v) is 3.49. The van der Waals surface area contributed by atoms with Crippen molar-refractivity contribution in [2.75, 3.05) is 25.0 Å². The maximum absolute atomic E-state index is 13.2. The molecule has 0 radical (unpaired) electrons. The third-order valence-corrected chi connectivity index (χ3v) is 5.32. The van der Waals surface area contributed by atoms with Gasteiger partial charge in [-0.1, -0.05) is 18.0 Å². The van der Waals surface area contributed by atoms with Crippen molar-refractivity contribution in [2.24, 2.45) is 0 Å². The molecule has 1 aromatic heterocycles. The Hall–Kier alpha value is -3.54. The highest BCUT2D eigenvalue weighted by atomic mass is 35.5. The molecule has 9 nitrogen and oxygen atoms in total. The van der Waals surface area contributed by atoms with Crippen LogP contribution in [0.5, 0.6) is 5.75 Å². The lowest BCUT2D eigenvalue weighted by Crippen LogP contribution is -2.37. The van der Waals surface area contributed by atoms with Gasteiger partial charge in [0.15, 0.2) is 0 Å². The molecule has 208 valence electrons. The Balaban J connectivity index is 1.81. The number of unbranched alkanes of at least 4 members (excludes halogenated alkanes) is 2. The molecule has 0 aliphatic carbocycles. The summed E-state index contributed by atoms with van der Waals surface area (Å²) in [5, 5.41) is 3.54. The first-order chi connectivity index (χ1) is 18.0. The van der Waals surface area contributed by atoms with Crippen LogP contribution in [0.3, 0.4) is 0 Å². The Morgan fingerprint density at radius 2 is 1.76 bits per heavy atom. The summed E-state index contributed by atoms with van der Waals surface area (Å²) in [6.45, 7) is 4.94. The smallest absolute Gasteiger partial charge is 0.492 e. The van der Waals surface area contributed by atoms with Crippen molar-refractivity contribution in [1.82, 2.24) is 9.88 Å². The monoisotopic (exact) mass is 559 g/mol. The maximum Gasteiger partial charge on any atom is 0.495 e. The average molecular weight is 560 g/mol. The second-order valence-corrected chi connectivity index (χ2v) is 8.85. The van der Waals surface area contributed by atoms with Gasteiger partial charge >= 0.3 is 18.1 Å². The lowest BCUT2D eigenvalue weighted by Gasteiger charge is -2.27.